The molecule has 0 saturated carbocycles. The Balaban J connectivity index is 1.40. The van der Waals surface area contributed by atoms with E-state index in [4.69, 9.17) is 0 Å². The van der Waals surface area contributed by atoms with Crippen molar-refractivity contribution in [2.75, 3.05) is 0 Å². The SMILES string of the molecule is C=Cc1c2c(n(-c3ccccc3)c1/C=C\C)C=CCC(C1=C/C(=C(/C3=CCCC=C=C3Cc3ccccc3)c3ccccc3)CCC#C1)=C2. The molecule has 0 amide bonds. The van der Waals surface area contributed by atoms with E-state index in [9.17, 15) is 0 Å². The fourth-order valence-electron chi connectivity index (χ4n) is 7.11. The van der Waals surface area contributed by atoms with Gasteiger partial charge < -0.3 is 4.57 Å². The molecule has 3 aromatic carbocycles. The lowest BCUT2D eigenvalue weighted by atomic mass is 9.84. The van der Waals surface area contributed by atoms with Crippen molar-refractivity contribution in [1.29, 1.82) is 0 Å². The molecule has 0 spiro atoms. The zero-order chi connectivity index (χ0) is 33.4. The van der Waals surface area contributed by atoms with Gasteiger partial charge in [0.25, 0.3) is 0 Å². The van der Waals surface area contributed by atoms with E-state index in [2.05, 4.69) is 175 Å². The van der Waals surface area contributed by atoms with Gasteiger partial charge in [-0.2, -0.15) is 0 Å². The fraction of sp³-hybridized carbons (Fsp3) is 0.146. The van der Waals surface area contributed by atoms with E-state index >= 15 is 0 Å². The van der Waals surface area contributed by atoms with E-state index in [-0.39, 0.29) is 0 Å². The van der Waals surface area contributed by atoms with Crippen LogP contribution in [0.4, 0.5) is 0 Å². The first-order valence-corrected chi connectivity index (χ1v) is 17.4. The first-order valence-electron chi connectivity index (χ1n) is 17.4. The number of allylic oxidation sites excluding steroid dienone is 10. The van der Waals surface area contributed by atoms with Gasteiger partial charge in [-0.1, -0.05) is 122 Å². The maximum atomic E-state index is 4.27. The Morgan fingerprint density at radius 2 is 1.65 bits per heavy atom. The molecular weight excluding hydrogens is 591 g/mol. The van der Waals surface area contributed by atoms with Crippen molar-refractivity contribution in [3.05, 3.63) is 195 Å². The van der Waals surface area contributed by atoms with Crippen LogP contribution in [-0.2, 0) is 6.42 Å². The summed E-state index contributed by atoms with van der Waals surface area (Å²) in [4.78, 5) is 0. The number of para-hydroxylation sites is 1. The van der Waals surface area contributed by atoms with Crippen molar-refractivity contribution in [3.63, 3.8) is 0 Å². The van der Waals surface area contributed by atoms with Crippen LogP contribution in [0.5, 0.6) is 0 Å². The van der Waals surface area contributed by atoms with Gasteiger partial charge in [-0.25, -0.2) is 0 Å². The van der Waals surface area contributed by atoms with Gasteiger partial charge in [0.2, 0.25) is 0 Å². The first kappa shape index (κ1) is 31.8. The third kappa shape index (κ3) is 6.79. The van der Waals surface area contributed by atoms with Crippen molar-refractivity contribution in [2.45, 2.75) is 45.4 Å². The van der Waals surface area contributed by atoms with E-state index in [1.807, 2.05) is 6.08 Å². The van der Waals surface area contributed by atoms with Gasteiger partial charge in [-0.3, -0.25) is 0 Å². The van der Waals surface area contributed by atoms with Gasteiger partial charge >= 0.3 is 0 Å². The molecule has 3 aliphatic carbocycles. The minimum absolute atomic E-state index is 0.804. The molecule has 0 N–H and O–H groups in total. The van der Waals surface area contributed by atoms with Crippen molar-refractivity contribution in [1.82, 2.24) is 4.57 Å². The van der Waals surface area contributed by atoms with Crippen LogP contribution < -0.4 is 0 Å². The fourth-order valence-corrected chi connectivity index (χ4v) is 7.11. The van der Waals surface area contributed by atoms with E-state index < -0.39 is 0 Å². The molecule has 1 heteroatoms. The number of nitrogens with zero attached hydrogens (tertiary/aromatic N) is 1. The Hall–Kier alpha value is -5.80. The number of fused-ring (bicyclic) bond motifs is 1. The highest BCUT2D eigenvalue weighted by atomic mass is 15.0. The van der Waals surface area contributed by atoms with Crippen LogP contribution in [0, 0.1) is 11.8 Å². The topological polar surface area (TPSA) is 4.93 Å². The lowest BCUT2D eigenvalue weighted by Gasteiger charge is -2.19. The predicted molar refractivity (Wildman–Crippen MR) is 210 cm³/mol. The molecule has 0 radical (unpaired) electrons. The summed E-state index contributed by atoms with van der Waals surface area (Å²) in [5, 5.41) is 0. The maximum absolute atomic E-state index is 4.27. The summed E-state index contributed by atoms with van der Waals surface area (Å²) in [6.45, 7) is 6.34. The number of hydrogen-bond acceptors (Lipinski definition) is 0. The minimum Gasteiger partial charge on any atom is -0.309 e. The summed E-state index contributed by atoms with van der Waals surface area (Å²) in [5.41, 5.74) is 19.5. The van der Waals surface area contributed by atoms with Gasteiger partial charge in [0.15, 0.2) is 0 Å². The molecule has 1 aromatic heterocycles. The predicted octanol–water partition coefficient (Wildman–Crippen LogP) is 12.2. The van der Waals surface area contributed by atoms with Gasteiger partial charge in [0, 0.05) is 40.8 Å². The number of hydrogen-bond donors (Lipinski definition) is 0. The Bertz CT molecular complexity index is 2190. The molecule has 1 nitrogen and oxygen atoms in total. The Morgan fingerprint density at radius 1 is 0.898 bits per heavy atom. The van der Waals surface area contributed by atoms with E-state index in [1.54, 1.807) is 0 Å². The van der Waals surface area contributed by atoms with Crippen LogP contribution in [0.25, 0.3) is 35.6 Å². The zero-order valence-electron chi connectivity index (χ0n) is 28.3. The standard InChI is InChI=1S/C48H41N/c1-3-20-46-43(4-2)45-35-39(28-19-32-47(45)49(46)42-29-14-8-15-30-42)38-25-17-18-27-41(34-38)48(37-23-11-6-12-24-37)44-31-16-7-13-26-40(44)33-36-21-9-5-10-22-36/h3-6,8-15,19-24,29-32,34-35H,2,7,16,18,27-28,33H2,1H3/b20-3-,48-41+. The van der Waals surface area contributed by atoms with Crippen molar-refractivity contribution in [2.24, 2.45) is 0 Å². The molecule has 0 fully saturated rings. The second-order valence-corrected chi connectivity index (χ2v) is 12.6. The summed E-state index contributed by atoms with van der Waals surface area (Å²) in [5.74, 6) is 7.14. The van der Waals surface area contributed by atoms with Crippen molar-refractivity contribution >= 4 is 29.9 Å². The van der Waals surface area contributed by atoms with Crippen LogP contribution >= 0.6 is 0 Å². The molecule has 49 heavy (non-hydrogen) atoms. The molecule has 0 aliphatic heterocycles. The molecule has 238 valence electrons. The largest absolute Gasteiger partial charge is 0.309 e. The third-order valence-corrected chi connectivity index (χ3v) is 9.34. The summed E-state index contributed by atoms with van der Waals surface area (Å²) in [7, 11) is 0. The highest BCUT2D eigenvalue weighted by molar-refractivity contribution is 5.89. The summed E-state index contributed by atoms with van der Waals surface area (Å²) < 4.78 is 2.35. The Morgan fingerprint density at radius 3 is 2.41 bits per heavy atom. The van der Waals surface area contributed by atoms with Gasteiger partial charge in [-0.15, -0.1) is 5.73 Å². The third-order valence-electron chi connectivity index (χ3n) is 9.34. The number of benzene rings is 3. The molecule has 0 saturated heterocycles. The van der Waals surface area contributed by atoms with Crippen LogP contribution in [0.15, 0.2) is 162 Å². The minimum atomic E-state index is 0.804. The highest BCUT2D eigenvalue weighted by Gasteiger charge is 2.23. The van der Waals surface area contributed by atoms with Crippen LogP contribution in [0.3, 0.4) is 0 Å². The van der Waals surface area contributed by atoms with Crippen LogP contribution in [0.1, 0.15) is 72.7 Å². The maximum Gasteiger partial charge on any atom is 0.0538 e. The van der Waals surface area contributed by atoms with Gasteiger partial charge in [-0.05, 0) is 109 Å². The smallest absolute Gasteiger partial charge is 0.0538 e. The van der Waals surface area contributed by atoms with Gasteiger partial charge in [0.05, 0.1) is 11.4 Å². The Labute approximate surface area is 291 Å². The van der Waals surface area contributed by atoms with E-state index in [0.29, 0.717) is 0 Å². The second kappa shape index (κ2) is 15.0. The van der Waals surface area contributed by atoms with Crippen molar-refractivity contribution in [3.8, 4) is 17.5 Å². The number of aromatic nitrogens is 1. The average molecular weight is 632 g/mol. The summed E-state index contributed by atoms with van der Waals surface area (Å²) in [6, 6.07) is 32.3. The molecule has 1 heterocycles. The monoisotopic (exact) mass is 631 g/mol. The van der Waals surface area contributed by atoms with E-state index in [1.165, 1.54) is 50.2 Å². The summed E-state index contributed by atoms with van der Waals surface area (Å²) >= 11 is 0. The molecule has 7 rings (SSSR count). The zero-order valence-corrected chi connectivity index (χ0v) is 28.3. The Kier molecular flexibility index (Phi) is 9.70. The molecule has 0 atom stereocenters. The first-order chi connectivity index (χ1) is 24.2. The summed E-state index contributed by atoms with van der Waals surface area (Å²) in [6.07, 6.45) is 25.6. The second-order valence-electron chi connectivity index (χ2n) is 12.6. The van der Waals surface area contributed by atoms with E-state index in [0.717, 1.165) is 61.0 Å². The quantitative estimate of drug-likeness (QED) is 0.135. The molecule has 0 unspecified atom stereocenters. The van der Waals surface area contributed by atoms with Gasteiger partial charge in [0.1, 0.15) is 0 Å². The lowest BCUT2D eigenvalue weighted by molar-refractivity contribution is 1.03. The highest BCUT2D eigenvalue weighted by Crippen LogP contribution is 2.40. The van der Waals surface area contributed by atoms with Crippen LogP contribution in [-0.4, -0.2) is 4.57 Å². The average Bonchev–Trinajstić information content (AvgIpc) is 3.47. The van der Waals surface area contributed by atoms with Crippen LogP contribution in [0.2, 0.25) is 0 Å². The molecule has 0 bridgehead atoms. The van der Waals surface area contributed by atoms with Crippen molar-refractivity contribution < 1.29 is 0 Å². The lowest BCUT2D eigenvalue weighted by Crippen LogP contribution is -2.01. The normalized spacial score (nSPS) is 16.6. The molecular formula is C48H41N. The molecule has 4 aromatic rings. The molecule has 3 aliphatic rings. The number of rotatable bonds is 8.